The molecule has 4 nitrogen and oxygen atoms in total. The van der Waals surface area contributed by atoms with Gasteiger partial charge in [0.2, 0.25) is 0 Å². The summed E-state index contributed by atoms with van der Waals surface area (Å²) in [5, 5.41) is 4.22. The molecule has 20 heavy (non-hydrogen) atoms. The number of halogens is 1. The van der Waals surface area contributed by atoms with Gasteiger partial charge in [0, 0.05) is 31.4 Å². The molecule has 2 atom stereocenters. The zero-order valence-electron chi connectivity index (χ0n) is 11.5. The van der Waals surface area contributed by atoms with Crippen molar-refractivity contribution in [1.29, 1.82) is 0 Å². The fraction of sp³-hybridized carbons (Fsp3) is 0.667. The van der Waals surface area contributed by atoms with Gasteiger partial charge in [-0.1, -0.05) is 11.6 Å². The van der Waals surface area contributed by atoms with Gasteiger partial charge in [-0.25, -0.2) is 0 Å². The van der Waals surface area contributed by atoms with E-state index in [4.69, 9.17) is 11.6 Å². The number of nitrogens with zero attached hydrogens (tertiary/aromatic N) is 2. The number of hydrogen-bond donors (Lipinski definition) is 1. The second kappa shape index (κ2) is 4.78. The number of carbonyl (C=O) groups excluding carboxylic acids is 1. The lowest BCUT2D eigenvalue weighted by Crippen LogP contribution is -2.41. The Hall–Kier alpha value is -1.00. The molecule has 3 aliphatic rings. The van der Waals surface area contributed by atoms with Crippen LogP contribution >= 0.6 is 11.6 Å². The van der Waals surface area contributed by atoms with E-state index < -0.39 is 0 Å². The maximum Gasteiger partial charge on any atom is 0.270 e. The molecule has 1 aromatic rings. The molecule has 2 aliphatic heterocycles. The highest BCUT2D eigenvalue weighted by molar-refractivity contribution is 6.31. The molecule has 1 N–H and O–H groups in total. The minimum absolute atomic E-state index is 0.153. The van der Waals surface area contributed by atoms with Crippen molar-refractivity contribution in [3.63, 3.8) is 0 Å². The van der Waals surface area contributed by atoms with E-state index in [2.05, 4.69) is 9.88 Å². The molecule has 1 aliphatic carbocycles. The lowest BCUT2D eigenvalue weighted by atomic mass is 9.94. The van der Waals surface area contributed by atoms with Gasteiger partial charge >= 0.3 is 0 Å². The first-order valence-electron chi connectivity index (χ1n) is 7.62. The van der Waals surface area contributed by atoms with E-state index in [1.54, 1.807) is 0 Å². The largest absolute Gasteiger partial charge is 0.339 e. The lowest BCUT2D eigenvalue weighted by molar-refractivity contribution is 0.0774. The minimum atomic E-state index is 0.153. The molecule has 3 heterocycles. The predicted molar refractivity (Wildman–Crippen MR) is 78.1 cm³/mol. The second-order valence-electron chi connectivity index (χ2n) is 6.36. The molecule has 3 fully saturated rings. The Balaban J connectivity index is 1.55. The van der Waals surface area contributed by atoms with E-state index in [0.29, 0.717) is 23.0 Å². The van der Waals surface area contributed by atoms with Gasteiger partial charge in [0.15, 0.2) is 0 Å². The number of carbonyl (C=O) groups is 1. The van der Waals surface area contributed by atoms with Gasteiger partial charge in [-0.3, -0.25) is 4.79 Å². The third-order valence-electron chi connectivity index (χ3n) is 4.86. The number of piperidine rings is 1. The molecule has 0 radical (unpaired) electrons. The van der Waals surface area contributed by atoms with Crippen LogP contribution < -0.4 is 5.32 Å². The maximum atomic E-state index is 12.8. The van der Waals surface area contributed by atoms with Crippen molar-refractivity contribution in [2.45, 2.75) is 37.8 Å². The van der Waals surface area contributed by atoms with E-state index in [9.17, 15) is 4.79 Å². The summed E-state index contributed by atoms with van der Waals surface area (Å²) >= 11 is 6.11. The average molecular weight is 294 g/mol. The van der Waals surface area contributed by atoms with Crippen LogP contribution in [0.3, 0.4) is 0 Å². The number of rotatable bonds is 2. The number of fused-ring (bicyclic) bond motifs is 1. The van der Waals surface area contributed by atoms with Crippen LogP contribution in [-0.2, 0) is 0 Å². The van der Waals surface area contributed by atoms with E-state index in [1.165, 1.54) is 12.8 Å². The number of aromatic nitrogens is 1. The smallest absolute Gasteiger partial charge is 0.270 e. The molecule has 0 spiro atoms. The number of amides is 1. The van der Waals surface area contributed by atoms with Gasteiger partial charge in [-0.05, 0) is 44.2 Å². The van der Waals surface area contributed by atoms with Crippen molar-refractivity contribution >= 4 is 17.5 Å². The zero-order valence-corrected chi connectivity index (χ0v) is 12.3. The quantitative estimate of drug-likeness (QED) is 0.908. The van der Waals surface area contributed by atoms with Crippen LogP contribution in [0.5, 0.6) is 0 Å². The highest BCUT2D eigenvalue weighted by Gasteiger charge is 2.38. The fourth-order valence-corrected chi connectivity index (χ4v) is 3.85. The Labute approximate surface area is 124 Å². The van der Waals surface area contributed by atoms with Crippen LogP contribution in [0.15, 0.2) is 12.3 Å². The van der Waals surface area contributed by atoms with Gasteiger partial charge in [-0.15, -0.1) is 0 Å². The number of nitrogens with one attached hydrogen (secondary N) is 1. The first-order chi connectivity index (χ1) is 9.72. The molecule has 0 bridgehead atoms. The Kier molecular flexibility index (Phi) is 3.04. The van der Waals surface area contributed by atoms with Crippen molar-refractivity contribution < 1.29 is 4.79 Å². The monoisotopic (exact) mass is 293 g/mol. The Morgan fingerprint density at radius 2 is 2.15 bits per heavy atom. The Bertz CT molecular complexity index is 523. The maximum absolute atomic E-state index is 12.8. The molecule has 108 valence electrons. The van der Waals surface area contributed by atoms with E-state index in [-0.39, 0.29) is 5.91 Å². The van der Waals surface area contributed by atoms with Gasteiger partial charge in [0.1, 0.15) is 5.69 Å². The predicted octanol–water partition coefficient (Wildman–Crippen LogP) is 2.30. The van der Waals surface area contributed by atoms with Crippen LogP contribution in [0.25, 0.3) is 0 Å². The summed E-state index contributed by atoms with van der Waals surface area (Å²) in [6, 6.07) is 2.81. The van der Waals surface area contributed by atoms with Crippen LogP contribution in [0.2, 0.25) is 5.02 Å². The molecule has 0 unspecified atom stereocenters. The lowest BCUT2D eigenvalue weighted by Gasteiger charge is -2.24. The Morgan fingerprint density at radius 3 is 2.90 bits per heavy atom. The minimum Gasteiger partial charge on any atom is -0.339 e. The molecule has 1 saturated carbocycles. The standard InChI is InChI=1S/C15H20ClN3O/c16-11-6-14(19(8-11)12-3-4-12)15(20)18-7-10-2-1-5-17-13(10)9-18/h6,8,10,12-13,17H,1-5,7,9H2/t10-,13+/m0/s1. The van der Waals surface area contributed by atoms with Crippen molar-refractivity contribution in [1.82, 2.24) is 14.8 Å². The van der Waals surface area contributed by atoms with Crippen LogP contribution in [0.1, 0.15) is 42.2 Å². The van der Waals surface area contributed by atoms with E-state index >= 15 is 0 Å². The zero-order chi connectivity index (χ0) is 13.7. The summed E-state index contributed by atoms with van der Waals surface area (Å²) in [7, 11) is 0. The fourth-order valence-electron chi connectivity index (χ4n) is 3.65. The van der Waals surface area contributed by atoms with Gasteiger partial charge in [0.05, 0.1) is 5.02 Å². The number of hydrogen-bond acceptors (Lipinski definition) is 2. The molecule has 0 aromatic carbocycles. The second-order valence-corrected chi connectivity index (χ2v) is 6.79. The molecule has 4 rings (SSSR count). The first-order valence-corrected chi connectivity index (χ1v) is 8.00. The first kappa shape index (κ1) is 12.7. The molecular formula is C15H20ClN3O. The summed E-state index contributed by atoms with van der Waals surface area (Å²) < 4.78 is 2.08. The van der Waals surface area contributed by atoms with E-state index in [0.717, 1.165) is 38.2 Å². The van der Waals surface area contributed by atoms with Crippen LogP contribution in [0.4, 0.5) is 0 Å². The highest BCUT2D eigenvalue weighted by Crippen LogP contribution is 2.38. The molecular weight excluding hydrogens is 274 g/mol. The van der Waals surface area contributed by atoms with Crippen LogP contribution in [0, 0.1) is 5.92 Å². The summed E-state index contributed by atoms with van der Waals surface area (Å²) in [5.74, 6) is 0.785. The topological polar surface area (TPSA) is 37.3 Å². The number of likely N-dealkylation sites (tertiary alicyclic amines) is 1. The van der Waals surface area contributed by atoms with Crippen molar-refractivity contribution in [2.24, 2.45) is 5.92 Å². The SMILES string of the molecule is O=C(c1cc(Cl)cn1C1CC1)N1C[C@@H]2CCCN[C@@H]2C1. The summed E-state index contributed by atoms with van der Waals surface area (Å²) in [5.41, 5.74) is 0.774. The molecule has 2 saturated heterocycles. The average Bonchev–Trinajstić information content (AvgIpc) is 3.08. The van der Waals surface area contributed by atoms with Crippen LogP contribution in [-0.4, -0.2) is 41.1 Å². The summed E-state index contributed by atoms with van der Waals surface area (Å²) in [6.07, 6.45) is 6.71. The normalized spacial score (nSPS) is 29.6. The van der Waals surface area contributed by atoms with E-state index in [1.807, 2.05) is 17.2 Å². The molecule has 1 amide bonds. The van der Waals surface area contributed by atoms with Crippen molar-refractivity contribution in [3.05, 3.63) is 23.0 Å². The summed E-state index contributed by atoms with van der Waals surface area (Å²) in [6.45, 7) is 2.83. The Morgan fingerprint density at radius 1 is 1.30 bits per heavy atom. The highest BCUT2D eigenvalue weighted by atomic mass is 35.5. The van der Waals surface area contributed by atoms with Gasteiger partial charge in [0.25, 0.3) is 5.91 Å². The van der Waals surface area contributed by atoms with Gasteiger partial charge < -0.3 is 14.8 Å². The molecule has 1 aromatic heterocycles. The van der Waals surface area contributed by atoms with Crippen molar-refractivity contribution in [3.8, 4) is 0 Å². The third-order valence-corrected chi connectivity index (χ3v) is 5.07. The summed E-state index contributed by atoms with van der Waals surface area (Å²) in [4.78, 5) is 14.8. The molecule has 5 heteroatoms. The van der Waals surface area contributed by atoms with Gasteiger partial charge in [-0.2, -0.15) is 0 Å². The third kappa shape index (κ3) is 2.15. The van der Waals surface area contributed by atoms with Crippen molar-refractivity contribution in [2.75, 3.05) is 19.6 Å².